The van der Waals surface area contributed by atoms with E-state index < -0.39 is 11.9 Å². The molecule has 0 aliphatic heterocycles. The standard InChI is InChI=1S/C19H16O6/c1-2-23-19(22)16-10-8-13(25-16)11-24-18(21)15-9-7-12-5-3-4-6-14(12)17(15)20/h3-10,20H,2,11H2,1H3. The highest BCUT2D eigenvalue weighted by atomic mass is 16.6. The Morgan fingerprint density at radius 3 is 2.60 bits per heavy atom. The van der Waals surface area contributed by atoms with E-state index in [4.69, 9.17) is 13.9 Å². The van der Waals surface area contributed by atoms with E-state index in [0.717, 1.165) is 5.39 Å². The number of furan rings is 1. The molecule has 1 heterocycles. The van der Waals surface area contributed by atoms with Crippen molar-refractivity contribution in [1.82, 2.24) is 0 Å². The maximum Gasteiger partial charge on any atom is 0.374 e. The van der Waals surface area contributed by atoms with Crippen molar-refractivity contribution in [3.05, 3.63) is 65.6 Å². The summed E-state index contributed by atoms with van der Waals surface area (Å²) in [5.74, 6) is -1.04. The molecule has 3 rings (SSSR count). The zero-order valence-corrected chi connectivity index (χ0v) is 13.5. The normalized spacial score (nSPS) is 10.6. The number of phenolic OH excluding ortho intramolecular Hbond substituents is 1. The first-order valence-electron chi connectivity index (χ1n) is 7.74. The van der Waals surface area contributed by atoms with E-state index in [2.05, 4.69) is 0 Å². The van der Waals surface area contributed by atoms with Crippen molar-refractivity contribution in [1.29, 1.82) is 0 Å². The van der Waals surface area contributed by atoms with Crippen molar-refractivity contribution < 1.29 is 28.6 Å². The van der Waals surface area contributed by atoms with Gasteiger partial charge in [0.2, 0.25) is 5.76 Å². The number of benzene rings is 2. The Labute approximate surface area is 143 Å². The van der Waals surface area contributed by atoms with Crippen LogP contribution in [-0.2, 0) is 16.1 Å². The predicted octanol–water partition coefficient (Wildman–Crippen LogP) is 3.67. The molecule has 0 amide bonds. The minimum Gasteiger partial charge on any atom is -0.506 e. The SMILES string of the molecule is CCOC(=O)c1ccc(COC(=O)c2ccc3ccccc3c2O)o1. The molecule has 0 aliphatic carbocycles. The number of carbonyl (C=O) groups is 2. The summed E-state index contributed by atoms with van der Waals surface area (Å²) in [6.45, 7) is 1.77. The largest absolute Gasteiger partial charge is 0.506 e. The highest BCUT2D eigenvalue weighted by molar-refractivity contribution is 6.01. The van der Waals surface area contributed by atoms with Crippen LogP contribution in [0.15, 0.2) is 52.9 Å². The number of hydrogen-bond donors (Lipinski definition) is 1. The molecular weight excluding hydrogens is 324 g/mol. The number of fused-ring (bicyclic) bond motifs is 1. The topological polar surface area (TPSA) is 86.0 Å². The van der Waals surface area contributed by atoms with Gasteiger partial charge in [-0.3, -0.25) is 0 Å². The molecule has 3 aromatic rings. The summed E-state index contributed by atoms with van der Waals surface area (Å²) in [5.41, 5.74) is 0.0656. The number of aromatic hydroxyl groups is 1. The first kappa shape index (κ1) is 16.6. The molecular formula is C19H16O6. The zero-order chi connectivity index (χ0) is 17.8. The fourth-order valence-corrected chi connectivity index (χ4v) is 2.40. The Balaban J connectivity index is 1.71. The molecule has 0 unspecified atom stereocenters. The van der Waals surface area contributed by atoms with Crippen molar-refractivity contribution in [2.45, 2.75) is 13.5 Å². The van der Waals surface area contributed by atoms with Crippen LogP contribution in [-0.4, -0.2) is 23.7 Å². The minimum absolute atomic E-state index is 0.0430. The van der Waals surface area contributed by atoms with Crippen LogP contribution in [0.4, 0.5) is 0 Å². The van der Waals surface area contributed by atoms with E-state index in [-0.39, 0.29) is 30.3 Å². The van der Waals surface area contributed by atoms with Crippen LogP contribution in [0.3, 0.4) is 0 Å². The number of hydrogen-bond acceptors (Lipinski definition) is 6. The van der Waals surface area contributed by atoms with E-state index in [1.807, 2.05) is 12.1 Å². The van der Waals surface area contributed by atoms with Crippen molar-refractivity contribution in [3.63, 3.8) is 0 Å². The first-order chi connectivity index (χ1) is 12.1. The predicted molar refractivity (Wildman–Crippen MR) is 89.4 cm³/mol. The third-order valence-corrected chi connectivity index (χ3v) is 3.60. The van der Waals surface area contributed by atoms with Gasteiger partial charge in [-0.15, -0.1) is 0 Å². The van der Waals surface area contributed by atoms with Crippen molar-refractivity contribution in [3.8, 4) is 5.75 Å². The van der Waals surface area contributed by atoms with E-state index in [9.17, 15) is 14.7 Å². The Hall–Kier alpha value is -3.28. The van der Waals surface area contributed by atoms with Crippen molar-refractivity contribution >= 4 is 22.7 Å². The molecule has 0 fully saturated rings. The average Bonchev–Trinajstić information content (AvgIpc) is 3.10. The molecule has 0 radical (unpaired) electrons. The summed E-state index contributed by atoms with van der Waals surface area (Å²) >= 11 is 0. The fourth-order valence-electron chi connectivity index (χ4n) is 2.40. The molecule has 0 spiro atoms. The highest BCUT2D eigenvalue weighted by Crippen LogP contribution is 2.29. The number of rotatable bonds is 5. The second-order valence-electron chi connectivity index (χ2n) is 5.25. The Morgan fingerprint density at radius 2 is 1.80 bits per heavy atom. The maximum atomic E-state index is 12.2. The summed E-state index contributed by atoms with van der Waals surface area (Å²) < 4.78 is 15.2. The number of phenols is 1. The quantitative estimate of drug-likeness (QED) is 0.713. The van der Waals surface area contributed by atoms with Crippen molar-refractivity contribution in [2.24, 2.45) is 0 Å². The molecule has 6 nitrogen and oxygen atoms in total. The lowest BCUT2D eigenvalue weighted by atomic mass is 10.1. The fraction of sp³-hybridized carbons (Fsp3) is 0.158. The molecule has 1 N–H and O–H groups in total. The lowest BCUT2D eigenvalue weighted by molar-refractivity contribution is 0.0428. The van der Waals surface area contributed by atoms with Gasteiger partial charge in [-0.05, 0) is 30.5 Å². The zero-order valence-electron chi connectivity index (χ0n) is 13.5. The van der Waals surface area contributed by atoms with Gasteiger partial charge in [0.25, 0.3) is 0 Å². The van der Waals surface area contributed by atoms with Gasteiger partial charge in [0.15, 0.2) is 0 Å². The van der Waals surface area contributed by atoms with Crippen molar-refractivity contribution in [2.75, 3.05) is 6.61 Å². The van der Waals surface area contributed by atoms with Gasteiger partial charge in [-0.25, -0.2) is 9.59 Å². The Morgan fingerprint density at radius 1 is 1.00 bits per heavy atom. The van der Waals surface area contributed by atoms with Gasteiger partial charge in [0.05, 0.1) is 6.61 Å². The molecule has 128 valence electrons. The van der Waals surface area contributed by atoms with Gasteiger partial charge in [-0.2, -0.15) is 0 Å². The second-order valence-corrected chi connectivity index (χ2v) is 5.25. The third-order valence-electron chi connectivity index (χ3n) is 3.60. The van der Waals surface area contributed by atoms with E-state index in [1.165, 1.54) is 18.2 Å². The van der Waals surface area contributed by atoms with E-state index in [1.54, 1.807) is 25.1 Å². The molecule has 25 heavy (non-hydrogen) atoms. The van der Waals surface area contributed by atoms with Crippen LogP contribution in [0.5, 0.6) is 5.75 Å². The smallest absolute Gasteiger partial charge is 0.374 e. The highest BCUT2D eigenvalue weighted by Gasteiger charge is 2.17. The summed E-state index contributed by atoms with van der Waals surface area (Å²) in [6.07, 6.45) is 0. The second kappa shape index (κ2) is 7.09. The van der Waals surface area contributed by atoms with Crippen LogP contribution >= 0.6 is 0 Å². The lowest BCUT2D eigenvalue weighted by Crippen LogP contribution is -2.05. The number of ether oxygens (including phenoxy) is 2. The van der Waals surface area contributed by atoms with Gasteiger partial charge in [-0.1, -0.05) is 30.3 Å². The monoisotopic (exact) mass is 340 g/mol. The Kier molecular flexibility index (Phi) is 4.70. The molecule has 2 aromatic carbocycles. The molecule has 0 aliphatic rings. The van der Waals surface area contributed by atoms with Crippen LogP contribution in [0.1, 0.15) is 33.6 Å². The third kappa shape index (κ3) is 3.47. The summed E-state index contributed by atoms with van der Waals surface area (Å²) in [4.78, 5) is 23.7. The number of esters is 2. The van der Waals surface area contributed by atoms with Gasteiger partial charge in [0.1, 0.15) is 23.7 Å². The molecule has 0 atom stereocenters. The molecule has 1 aromatic heterocycles. The van der Waals surface area contributed by atoms with Gasteiger partial charge >= 0.3 is 11.9 Å². The average molecular weight is 340 g/mol. The van der Waals surface area contributed by atoms with Crippen LogP contribution in [0.2, 0.25) is 0 Å². The maximum absolute atomic E-state index is 12.2. The van der Waals surface area contributed by atoms with E-state index in [0.29, 0.717) is 11.1 Å². The summed E-state index contributed by atoms with van der Waals surface area (Å²) in [7, 11) is 0. The molecule has 6 heteroatoms. The lowest BCUT2D eigenvalue weighted by Gasteiger charge is -2.07. The Bertz CT molecular complexity index is 925. The molecule has 0 saturated carbocycles. The summed E-state index contributed by atoms with van der Waals surface area (Å²) in [6, 6.07) is 13.4. The molecule has 0 saturated heterocycles. The molecule has 0 bridgehead atoms. The van der Waals surface area contributed by atoms with E-state index >= 15 is 0 Å². The minimum atomic E-state index is -0.683. The first-order valence-corrected chi connectivity index (χ1v) is 7.74. The van der Waals surface area contributed by atoms with Crippen LogP contribution in [0.25, 0.3) is 10.8 Å². The summed E-state index contributed by atoms with van der Waals surface area (Å²) in [5, 5.41) is 11.7. The van der Waals surface area contributed by atoms with Gasteiger partial charge in [0, 0.05) is 5.39 Å². The van der Waals surface area contributed by atoms with Crippen LogP contribution in [0, 0.1) is 0 Å². The van der Waals surface area contributed by atoms with Gasteiger partial charge < -0.3 is 19.0 Å². The van der Waals surface area contributed by atoms with Crippen LogP contribution < -0.4 is 0 Å². The number of carbonyl (C=O) groups excluding carboxylic acids is 2.